The van der Waals surface area contributed by atoms with Gasteiger partial charge in [-0.1, -0.05) is 11.6 Å². The molecule has 1 aliphatic heterocycles. The van der Waals surface area contributed by atoms with Crippen LogP contribution in [0.25, 0.3) is 0 Å². The second-order valence-corrected chi connectivity index (χ2v) is 6.19. The molecule has 0 saturated carbocycles. The number of nitrogens with one attached hydrogen (secondary N) is 2. The van der Waals surface area contributed by atoms with Gasteiger partial charge in [0.05, 0.1) is 18.4 Å². The lowest BCUT2D eigenvalue weighted by atomic mass is 10.0. The Labute approximate surface area is 124 Å². The van der Waals surface area contributed by atoms with Gasteiger partial charge in [-0.05, 0) is 34.0 Å². The van der Waals surface area contributed by atoms with Crippen molar-refractivity contribution in [1.82, 2.24) is 20.0 Å². The average molecular weight is 300 g/mol. The first-order valence-electron chi connectivity index (χ1n) is 6.80. The normalized spacial score (nSPS) is 22.4. The maximum absolute atomic E-state index is 12.2. The largest absolute Gasteiger partial charge is 0.376 e. The molecule has 0 spiro atoms. The minimum Gasteiger partial charge on any atom is -0.376 e. The summed E-state index contributed by atoms with van der Waals surface area (Å²) in [6.45, 7) is 5.21. The third-order valence-electron chi connectivity index (χ3n) is 3.55. The molecular formula is C13H22ClN5O. The van der Waals surface area contributed by atoms with E-state index >= 15 is 0 Å². The lowest BCUT2D eigenvalue weighted by Gasteiger charge is -2.26. The fraction of sp³-hybridized carbons (Fsp3) is 0.692. The third kappa shape index (κ3) is 3.50. The fourth-order valence-electron chi connectivity index (χ4n) is 2.25. The molecule has 20 heavy (non-hydrogen) atoms. The molecule has 0 amide bonds. The second-order valence-electron chi connectivity index (χ2n) is 5.82. The van der Waals surface area contributed by atoms with E-state index in [9.17, 15) is 4.79 Å². The molecule has 2 heterocycles. The molecule has 0 aliphatic carbocycles. The molecule has 1 aromatic rings. The van der Waals surface area contributed by atoms with E-state index in [1.807, 2.05) is 19.0 Å². The zero-order valence-corrected chi connectivity index (χ0v) is 13.0. The Balaban J connectivity index is 2.16. The number of hydrogen-bond acceptors (Lipinski definition) is 5. The lowest BCUT2D eigenvalue weighted by Crippen LogP contribution is -2.38. The van der Waals surface area contributed by atoms with Gasteiger partial charge in [-0.25, -0.2) is 4.68 Å². The molecule has 0 radical (unpaired) electrons. The molecule has 1 saturated heterocycles. The van der Waals surface area contributed by atoms with Crippen molar-refractivity contribution in [3.8, 4) is 0 Å². The Morgan fingerprint density at radius 3 is 2.95 bits per heavy atom. The fourth-order valence-corrected chi connectivity index (χ4v) is 2.45. The summed E-state index contributed by atoms with van der Waals surface area (Å²) < 4.78 is 1.41. The molecule has 0 aromatic carbocycles. The van der Waals surface area contributed by atoms with Gasteiger partial charge in [0, 0.05) is 18.6 Å². The second kappa shape index (κ2) is 6.11. The van der Waals surface area contributed by atoms with Gasteiger partial charge in [0.1, 0.15) is 5.02 Å². The predicted octanol–water partition coefficient (Wildman–Crippen LogP) is 0.622. The highest BCUT2D eigenvalue weighted by atomic mass is 35.5. The Bertz CT molecular complexity index is 522. The number of rotatable bonds is 5. The number of anilines is 1. The highest BCUT2D eigenvalue weighted by Crippen LogP contribution is 2.24. The standard InChI is InChI=1S/C13H22ClN5O/c1-13(4-5-15-9-13)17-10-8-16-19(7-6-18(2)3)12(20)11(10)14/h8,15,17H,4-7,9H2,1-3H3. The smallest absolute Gasteiger partial charge is 0.287 e. The summed E-state index contributed by atoms with van der Waals surface area (Å²) in [5, 5.41) is 11.0. The summed E-state index contributed by atoms with van der Waals surface area (Å²) >= 11 is 6.18. The van der Waals surface area contributed by atoms with Crippen molar-refractivity contribution < 1.29 is 0 Å². The van der Waals surface area contributed by atoms with Crippen molar-refractivity contribution in [1.29, 1.82) is 0 Å². The minimum absolute atomic E-state index is 0.0758. The van der Waals surface area contributed by atoms with Crippen LogP contribution in [-0.2, 0) is 6.54 Å². The molecule has 2 rings (SSSR count). The minimum atomic E-state index is -0.243. The first kappa shape index (κ1) is 15.3. The van der Waals surface area contributed by atoms with Crippen LogP contribution in [0.1, 0.15) is 13.3 Å². The summed E-state index contributed by atoms with van der Waals surface area (Å²) in [5.41, 5.74) is 0.296. The molecule has 0 bridgehead atoms. The van der Waals surface area contributed by atoms with Crippen LogP contribution >= 0.6 is 11.6 Å². The van der Waals surface area contributed by atoms with Crippen molar-refractivity contribution in [2.24, 2.45) is 0 Å². The van der Waals surface area contributed by atoms with Crippen LogP contribution in [0.5, 0.6) is 0 Å². The molecule has 112 valence electrons. The maximum Gasteiger partial charge on any atom is 0.287 e. The van der Waals surface area contributed by atoms with E-state index in [0.29, 0.717) is 12.2 Å². The summed E-state index contributed by atoms with van der Waals surface area (Å²) in [6, 6.07) is 0. The van der Waals surface area contributed by atoms with Gasteiger partial charge in [0.15, 0.2) is 0 Å². The first-order valence-corrected chi connectivity index (χ1v) is 7.18. The highest BCUT2D eigenvalue weighted by Gasteiger charge is 2.29. The molecule has 1 aromatic heterocycles. The summed E-state index contributed by atoms with van der Waals surface area (Å²) in [4.78, 5) is 14.2. The third-order valence-corrected chi connectivity index (χ3v) is 3.91. The van der Waals surface area contributed by atoms with Gasteiger partial charge in [0.2, 0.25) is 0 Å². The summed E-state index contributed by atoms with van der Waals surface area (Å²) in [7, 11) is 3.91. The maximum atomic E-state index is 12.2. The van der Waals surface area contributed by atoms with Crippen LogP contribution < -0.4 is 16.2 Å². The van der Waals surface area contributed by atoms with E-state index in [4.69, 9.17) is 11.6 Å². The van der Waals surface area contributed by atoms with E-state index < -0.39 is 0 Å². The lowest BCUT2D eigenvalue weighted by molar-refractivity contribution is 0.367. The quantitative estimate of drug-likeness (QED) is 0.835. The zero-order chi connectivity index (χ0) is 14.8. The van der Waals surface area contributed by atoms with Crippen molar-refractivity contribution >= 4 is 17.3 Å². The first-order chi connectivity index (χ1) is 9.41. The van der Waals surface area contributed by atoms with E-state index in [2.05, 4.69) is 22.7 Å². The van der Waals surface area contributed by atoms with Crippen LogP contribution in [-0.4, -0.2) is 53.9 Å². The van der Waals surface area contributed by atoms with Gasteiger partial charge in [-0.15, -0.1) is 0 Å². The Kier molecular flexibility index (Phi) is 4.67. The number of nitrogens with zero attached hydrogens (tertiary/aromatic N) is 3. The van der Waals surface area contributed by atoms with Crippen LogP contribution in [0.2, 0.25) is 5.02 Å². The van der Waals surface area contributed by atoms with E-state index in [0.717, 1.165) is 26.1 Å². The SMILES string of the molecule is CN(C)CCn1ncc(NC2(C)CCNC2)c(Cl)c1=O. The van der Waals surface area contributed by atoms with Crippen LogP contribution in [0.4, 0.5) is 5.69 Å². The van der Waals surface area contributed by atoms with Crippen LogP contribution in [0.3, 0.4) is 0 Å². The molecule has 6 nitrogen and oxygen atoms in total. The monoisotopic (exact) mass is 299 g/mol. The Morgan fingerprint density at radius 1 is 1.60 bits per heavy atom. The van der Waals surface area contributed by atoms with E-state index in [-0.39, 0.29) is 16.1 Å². The summed E-state index contributed by atoms with van der Waals surface area (Å²) in [5.74, 6) is 0. The Hall–Kier alpha value is -1.11. The number of aromatic nitrogens is 2. The number of hydrogen-bond donors (Lipinski definition) is 2. The molecule has 1 atom stereocenters. The van der Waals surface area contributed by atoms with E-state index in [1.54, 1.807) is 6.20 Å². The molecule has 2 N–H and O–H groups in total. The van der Waals surface area contributed by atoms with Crippen LogP contribution in [0, 0.1) is 0 Å². The molecule has 1 aliphatic rings. The van der Waals surface area contributed by atoms with Gasteiger partial charge in [0.25, 0.3) is 5.56 Å². The topological polar surface area (TPSA) is 62.2 Å². The molecule has 7 heteroatoms. The number of likely N-dealkylation sites (N-methyl/N-ethyl adjacent to an activating group) is 1. The van der Waals surface area contributed by atoms with Crippen LogP contribution in [0.15, 0.2) is 11.0 Å². The van der Waals surface area contributed by atoms with Gasteiger partial charge in [-0.3, -0.25) is 4.79 Å². The predicted molar refractivity (Wildman–Crippen MR) is 81.6 cm³/mol. The highest BCUT2D eigenvalue weighted by molar-refractivity contribution is 6.32. The van der Waals surface area contributed by atoms with Crippen molar-refractivity contribution in [2.45, 2.75) is 25.4 Å². The van der Waals surface area contributed by atoms with E-state index in [1.165, 1.54) is 4.68 Å². The van der Waals surface area contributed by atoms with Crippen molar-refractivity contribution in [3.05, 3.63) is 21.6 Å². The molecule has 1 unspecified atom stereocenters. The molecular weight excluding hydrogens is 278 g/mol. The number of halogens is 1. The molecule has 1 fully saturated rings. The Morgan fingerprint density at radius 2 is 2.35 bits per heavy atom. The van der Waals surface area contributed by atoms with Gasteiger partial charge in [-0.2, -0.15) is 5.10 Å². The van der Waals surface area contributed by atoms with Crippen molar-refractivity contribution in [2.75, 3.05) is 39.0 Å². The van der Waals surface area contributed by atoms with Crippen molar-refractivity contribution in [3.63, 3.8) is 0 Å². The summed E-state index contributed by atoms with van der Waals surface area (Å²) in [6.07, 6.45) is 2.63. The van der Waals surface area contributed by atoms with Gasteiger partial charge >= 0.3 is 0 Å². The van der Waals surface area contributed by atoms with Gasteiger partial charge < -0.3 is 15.5 Å². The zero-order valence-electron chi connectivity index (χ0n) is 12.2. The average Bonchev–Trinajstić information content (AvgIpc) is 2.81.